The third-order valence-electron chi connectivity index (χ3n) is 5.99. The molecule has 2 fully saturated rings. The minimum absolute atomic E-state index is 0.0210. The maximum atomic E-state index is 13.7. The van der Waals surface area contributed by atoms with Crippen molar-refractivity contribution in [2.24, 2.45) is 4.99 Å². The van der Waals surface area contributed by atoms with E-state index in [9.17, 15) is 4.39 Å². The fraction of sp³-hybridized carbons (Fsp3) is 0.435. The molecule has 0 aliphatic carbocycles. The van der Waals surface area contributed by atoms with E-state index in [4.69, 9.17) is 14.5 Å². The third-order valence-corrected chi connectivity index (χ3v) is 5.99. The summed E-state index contributed by atoms with van der Waals surface area (Å²) in [5.41, 5.74) is 2.02. The van der Waals surface area contributed by atoms with Gasteiger partial charge in [-0.05, 0) is 24.3 Å². The molecule has 2 aromatic rings. The van der Waals surface area contributed by atoms with Gasteiger partial charge in [0.25, 0.3) is 0 Å². The molecule has 0 saturated carbocycles. The summed E-state index contributed by atoms with van der Waals surface area (Å²) < 4.78 is 24.9. The van der Waals surface area contributed by atoms with Crippen molar-refractivity contribution in [1.29, 1.82) is 0 Å². The van der Waals surface area contributed by atoms with Crippen molar-refractivity contribution >= 4 is 11.5 Å². The molecule has 0 N–H and O–H groups in total. The molecule has 3 aliphatic heterocycles. The fourth-order valence-electron chi connectivity index (χ4n) is 4.50. The van der Waals surface area contributed by atoms with Crippen LogP contribution in [-0.2, 0) is 9.47 Å². The summed E-state index contributed by atoms with van der Waals surface area (Å²) in [6.07, 6.45) is -0.0000680. The molecule has 2 unspecified atom stereocenters. The quantitative estimate of drug-likeness (QED) is 0.774. The van der Waals surface area contributed by atoms with Crippen LogP contribution >= 0.6 is 0 Å². The zero-order valence-electron chi connectivity index (χ0n) is 17.0. The number of halogens is 1. The van der Waals surface area contributed by atoms with E-state index in [1.54, 1.807) is 0 Å². The Hall–Kier alpha value is -2.32. The zero-order chi connectivity index (χ0) is 20.3. The molecule has 2 atom stereocenters. The van der Waals surface area contributed by atoms with E-state index in [0.717, 1.165) is 56.5 Å². The first-order valence-corrected chi connectivity index (χ1v) is 10.6. The number of hydrogen-bond acceptors (Lipinski definition) is 6. The Kier molecular flexibility index (Phi) is 5.77. The largest absolute Gasteiger partial charge is 0.379 e. The highest BCUT2D eigenvalue weighted by Crippen LogP contribution is 2.33. The van der Waals surface area contributed by atoms with Crippen LogP contribution in [0.1, 0.15) is 5.56 Å². The molecule has 158 valence electrons. The number of rotatable bonds is 4. The smallest absolute Gasteiger partial charge is 0.139 e. The first-order valence-electron chi connectivity index (χ1n) is 10.6. The fourth-order valence-corrected chi connectivity index (χ4v) is 4.50. The average molecular weight is 410 g/mol. The molecule has 5 rings (SSSR count). The maximum Gasteiger partial charge on any atom is 0.139 e. The van der Waals surface area contributed by atoms with Crippen LogP contribution in [0.3, 0.4) is 0 Å². The predicted molar refractivity (Wildman–Crippen MR) is 114 cm³/mol. The predicted octanol–water partition coefficient (Wildman–Crippen LogP) is 2.41. The molecule has 0 radical (unpaired) electrons. The van der Waals surface area contributed by atoms with Crippen molar-refractivity contribution in [3.63, 3.8) is 0 Å². The Morgan fingerprint density at radius 2 is 1.37 bits per heavy atom. The molecule has 3 heterocycles. The monoisotopic (exact) mass is 410 g/mol. The first-order chi connectivity index (χ1) is 14.8. The summed E-state index contributed by atoms with van der Waals surface area (Å²) in [4.78, 5) is 12.4. The molecule has 7 heteroatoms. The minimum atomic E-state index is -0.233. The van der Waals surface area contributed by atoms with E-state index in [2.05, 4.69) is 26.8 Å². The standard InChI is InChI=1S/C23H27FN4O2/c24-19-6-8-20(9-7-19)28-21(18-4-2-1-3-5-18)25-22(26-10-14-29-15-11-26)23(28)27-12-16-30-17-13-27/h1-9,22-23H,10-17H2. The van der Waals surface area contributed by atoms with Crippen LogP contribution in [0.2, 0.25) is 0 Å². The Labute approximate surface area is 176 Å². The van der Waals surface area contributed by atoms with Crippen LogP contribution in [0.5, 0.6) is 0 Å². The van der Waals surface area contributed by atoms with Crippen molar-refractivity contribution in [1.82, 2.24) is 9.80 Å². The van der Waals surface area contributed by atoms with Crippen LogP contribution in [0.4, 0.5) is 10.1 Å². The van der Waals surface area contributed by atoms with Gasteiger partial charge in [0.2, 0.25) is 0 Å². The summed E-state index contributed by atoms with van der Waals surface area (Å²) in [5, 5.41) is 0. The first kappa shape index (κ1) is 19.6. The summed E-state index contributed by atoms with van der Waals surface area (Å²) in [5.74, 6) is 0.694. The second-order valence-electron chi connectivity index (χ2n) is 7.79. The molecular formula is C23H27FN4O2. The molecule has 2 saturated heterocycles. The van der Waals surface area contributed by atoms with Crippen LogP contribution in [0.25, 0.3) is 0 Å². The van der Waals surface area contributed by atoms with Gasteiger partial charge in [0.1, 0.15) is 24.0 Å². The molecule has 30 heavy (non-hydrogen) atoms. The number of benzene rings is 2. The van der Waals surface area contributed by atoms with Gasteiger partial charge in [-0.1, -0.05) is 30.3 Å². The SMILES string of the molecule is Fc1ccc(N2C(c3ccccc3)=NC(N3CCOCC3)C2N2CCOCC2)cc1. The molecule has 0 spiro atoms. The minimum Gasteiger partial charge on any atom is -0.379 e. The Morgan fingerprint density at radius 3 is 2.00 bits per heavy atom. The van der Waals surface area contributed by atoms with Crippen LogP contribution in [0.15, 0.2) is 59.6 Å². The van der Waals surface area contributed by atoms with Crippen LogP contribution in [0, 0.1) is 5.82 Å². The lowest BCUT2D eigenvalue weighted by Gasteiger charge is -2.43. The molecular weight excluding hydrogens is 383 g/mol. The number of aliphatic imine (C=N–C) groups is 1. The van der Waals surface area contributed by atoms with Crippen molar-refractivity contribution in [3.8, 4) is 0 Å². The van der Waals surface area contributed by atoms with Gasteiger partial charge in [0.05, 0.1) is 26.4 Å². The normalized spacial score (nSPS) is 26.0. The van der Waals surface area contributed by atoms with E-state index < -0.39 is 0 Å². The van der Waals surface area contributed by atoms with E-state index >= 15 is 0 Å². The van der Waals surface area contributed by atoms with Gasteiger partial charge in [0.15, 0.2) is 0 Å². The van der Waals surface area contributed by atoms with Gasteiger partial charge in [-0.3, -0.25) is 9.80 Å². The van der Waals surface area contributed by atoms with E-state index in [-0.39, 0.29) is 18.1 Å². The highest BCUT2D eigenvalue weighted by molar-refractivity contribution is 6.11. The molecule has 3 aliphatic rings. The van der Waals surface area contributed by atoms with Gasteiger partial charge >= 0.3 is 0 Å². The Morgan fingerprint density at radius 1 is 0.767 bits per heavy atom. The molecule has 0 amide bonds. The average Bonchev–Trinajstić information content (AvgIpc) is 3.22. The van der Waals surface area contributed by atoms with Crippen LogP contribution in [-0.4, -0.2) is 80.6 Å². The topological polar surface area (TPSA) is 40.5 Å². The van der Waals surface area contributed by atoms with E-state index in [1.165, 1.54) is 12.1 Å². The van der Waals surface area contributed by atoms with Crippen molar-refractivity contribution in [3.05, 3.63) is 66.0 Å². The van der Waals surface area contributed by atoms with E-state index in [1.807, 2.05) is 30.3 Å². The summed E-state index contributed by atoms with van der Waals surface area (Å²) >= 11 is 0. The molecule has 6 nitrogen and oxygen atoms in total. The number of ether oxygens (including phenoxy) is 2. The molecule has 2 aromatic carbocycles. The lowest BCUT2D eigenvalue weighted by molar-refractivity contribution is -0.0273. The van der Waals surface area contributed by atoms with E-state index in [0.29, 0.717) is 13.2 Å². The number of amidine groups is 1. The molecule has 0 bridgehead atoms. The number of anilines is 1. The maximum absolute atomic E-state index is 13.7. The third kappa shape index (κ3) is 3.86. The van der Waals surface area contributed by atoms with Gasteiger partial charge in [0, 0.05) is 37.4 Å². The number of hydrogen-bond donors (Lipinski definition) is 0. The summed E-state index contributed by atoms with van der Waals surface area (Å²) in [6, 6.07) is 17.0. The molecule has 0 aromatic heterocycles. The summed E-state index contributed by atoms with van der Waals surface area (Å²) in [6.45, 7) is 6.27. The Bertz CT molecular complexity index is 865. The lowest BCUT2D eigenvalue weighted by atomic mass is 10.1. The highest BCUT2D eigenvalue weighted by atomic mass is 19.1. The zero-order valence-corrected chi connectivity index (χ0v) is 17.0. The van der Waals surface area contributed by atoms with Gasteiger partial charge < -0.3 is 14.4 Å². The Balaban J connectivity index is 1.59. The summed E-state index contributed by atoms with van der Waals surface area (Å²) in [7, 11) is 0. The van der Waals surface area contributed by atoms with Gasteiger partial charge in [-0.2, -0.15) is 0 Å². The second-order valence-corrected chi connectivity index (χ2v) is 7.79. The van der Waals surface area contributed by atoms with Crippen molar-refractivity contribution in [2.75, 3.05) is 57.5 Å². The van der Waals surface area contributed by atoms with Crippen molar-refractivity contribution in [2.45, 2.75) is 12.3 Å². The highest BCUT2D eigenvalue weighted by Gasteiger charge is 2.44. The van der Waals surface area contributed by atoms with Gasteiger partial charge in [-0.25, -0.2) is 9.38 Å². The second kappa shape index (κ2) is 8.81. The van der Waals surface area contributed by atoms with Crippen LogP contribution < -0.4 is 4.90 Å². The number of nitrogens with zero attached hydrogens (tertiary/aromatic N) is 4. The van der Waals surface area contributed by atoms with Gasteiger partial charge in [-0.15, -0.1) is 0 Å². The lowest BCUT2D eigenvalue weighted by Crippen LogP contribution is -2.60. The number of morpholine rings is 2. The van der Waals surface area contributed by atoms with Crippen molar-refractivity contribution < 1.29 is 13.9 Å².